The third-order valence-corrected chi connectivity index (χ3v) is 0.904. The van der Waals surface area contributed by atoms with Crippen molar-refractivity contribution in [2.75, 3.05) is 0 Å². The Kier molecular flexibility index (Phi) is 5.35. The van der Waals surface area contributed by atoms with Crippen molar-refractivity contribution in [2.45, 2.75) is 13.8 Å². The van der Waals surface area contributed by atoms with Crippen LogP contribution in [-0.2, 0) is 0 Å². The van der Waals surface area contributed by atoms with E-state index in [1.807, 2.05) is 32.1 Å². The lowest BCUT2D eigenvalue weighted by Gasteiger charge is -1.87. The van der Waals surface area contributed by atoms with Gasteiger partial charge in [-0.3, -0.25) is 4.99 Å². The molecule has 54 valence electrons. The van der Waals surface area contributed by atoms with E-state index in [0.29, 0.717) is 0 Å². The van der Waals surface area contributed by atoms with Crippen LogP contribution >= 0.6 is 0 Å². The normalized spacial score (nSPS) is 13.2. The topological polar surface area (TPSA) is 12.4 Å². The lowest BCUT2D eigenvalue weighted by Crippen LogP contribution is -1.70. The van der Waals surface area contributed by atoms with Crippen molar-refractivity contribution >= 4 is 6.21 Å². The van der Waals surface area contributed by atoms with Gasteiger partial charge >= 0.3 is 0 Å². The van der Waals surface area contributed by atoms with Crippen molar-refractivity contribution in [2.24, 2.45) is 4.99 Å². The molecule has 0 saturated heterocycles. The highest BCUT2D eigenvalue weighted by molar-refractivity contribution is 5.56. The number of rotatable bonds is 3. The van der Waals surface area contributed by atoms with Crippen molar-refractivity contribution in [3.8, 4) is 0 Å². The van der Waals surface area contributed by atoms with Gasteiger partial charge in [0.05, 0.1) is 5.70 Å². The molecule has 1 nitrogen and oxygen atoms in total. The number of allylic oxidation sites excluding steroid dienone is 4. The van der Waals surface area contributed by atoms with E-state index in [4.69, 9.17) is 0 Å². The number of aliphatic imine (C=N–C) groups is 1. The predicted octanol–water partition coefficient (Wildman–Crippen LogP) is 2.72. The summed E-state index contributed by atoms with van der Waals surface area (Å²) in [6.45, 7) is 7.43. The summed E-state index contributed by atoms with van der Waals surface area (Å²) in [6, 6.07) is 0. The molecule has 0 aliphatic carbocycles. The highest BCUT2D eigenvalue weighted by atomic mass is 14.7. The number of hydrogen-bond donors (Lipinski definition) is 0. The van der Waals surface area contributed by atoms with Gasteiger partial charge in [0, 0.05) is 6.21 Å². The molecule has 1 heteroatoms. The van der Waals surface area contributed by atoms with Gasteiger partial charge in [-0.2, -0.15) is 0 Å². The Labute approximate surface area is 62.5 Å². The van der Waals surface area contributed by atoms with Crippen LogP contribution in [0.3, 0.4) is 0 Å². The highest BCUT2D eigenvalue weighted by Gasteiger charge is 1.79. The zero-order chi connectivity index (χ0) is 7.82. The predicted molar refractivity (Wildman–Crippen MR) is 47.3 cm³/mol. The molecular formula is C9H13N. The smallest absolute Gasteiger partial charge is 0.0622 e. The molecule has 0 spiro atoms. The summed E-state index contributed by atoms with van der Waals surface area (Å²) in [7, 11) is 0. The van der Waals surface area contributed by atoms with Crippen molar-refractivity contribution in [3.05, 3.63) is 36.6 Å². The number of nitrogens with zero attached hydrogens (tertiary/aromatic N) is 1. The highest BCUT2D eigenvalue weighted by Crippen LogP contribution is 1.97. The lowest BCUT2D eigenvalue weighted by atomic mass is 10.3. The summed E-state index contributed by atoms with van der Waals surface area (Å²) in [6.07, 6.45) is 9.22. The zero-order valence-electron chi connectivity index (χ0n) is 6.54. The fraction of sp³-hybridized carbons (Fsp3) is 0.222. The summed E-state index contributed by atoms with van der Waals surface area (Å²) in [4.78, 5) is 4.08. The third-order valence-electron chi connectivity index (χ3n) is 0.904. The molecule has 0 radical (unpaired) electrons. The van der Waals surface area contributed by atoms with Gasteiger partial charge in [0.25, 0.3) is 0 Å². The molecule has 0 unspecified atom stereocenters. The van der Waals surface area contributed by atoms with Crippen LogP contribution in [-0.4, -0.2) is 6.21 Å². The van der Waals surface area contributed by atoms with Gasteiger partial charge < -0.3 is 0 Å². The van der Waals surface area contributed by atoms with Crippen molar-refractivity contribution in [1.29, 1.82) is 0 Å². The van der Waals surface area contributed by atoms with E-state index in [-0.39, 0.29) is 0 Å². The second-order valence-electron chi connectivity index (χ2n) is 1.71. The van der Waals surface area contributed by atoms with E-state index in [0.717, 1.165) is 5.70 Å². The Morgan fingerprint density at radius 1 is 1.40 bits per heavy atom. The van der Waals surface area contributed by atoms with Crippen molar-refractivity contribution in [1.82, 2.24) is 0 Å². The fourth-order valence-electron chi connectivity index (χ4n) is 0.582. The molecular weight excluding hydrogens is 122 g/mol. The summed E-state index contributed by atoms with van der Waals surface area (Å²) in [5.41, 5.74) is 0.931. The van der Waals surface area contributed by atoms with Gasteiger partial charge in [-0.05, 0) is 26.0 Å². The van der Waals surface area contributed by atoms with Crippen LogP contribution in [0.25, 0.3) is 0 Å². The summed E-state index contributed by atoms with van der Waals surface area (Å²) < 4.78 is 0. The van der Waals surface area contributed by atoms with Crippen LogP contribution in [0.15, 0.2) is 41.6 Å². The first-order valence-electron chi connectivity index (χ1n) is 3.29. The molecule has 0 aromatic carbocycles. The Bertz CT molecular complexity index is 159. The first kappa shape index (κ1) is 8.89. The minimum atomic E-state index is 0.931. The summed E-state index contributed by atoms with van der Waals surface area (Å²) >= 11 is 0. The van der Waals surface area contributed by atoms with Gasteiger partial charge in [-0.15, -0.1) is 0 Å². The van der Waals surface area contributed by atoms with Crippen LogP contribution < -0.4 is 0 Å². The molecule has 0 aliphatic heterocycles. The summed E-state index contributed by atoms with van der Waals surface area (Å²) in [5.74, 6) is 0. The van der Waals surface area contributed by atoms with Gasteiger partial charge in [0.15, 0.2) is 0 Å². The first-order chi connectivity index (χ1) is 4.85. The van der Waals surface area contributed by atoms with E-state index in [9.17, 15) is 0 Å². The third kappa shape index (κ3) is 3.84. The quantitative estimate of drug-likeness (QED) is 0.417. The fourth-order valence-corrected chi connectivity index (χ4v) is 0.582. The Hall–Kier alpha value is -1.11. The molecule has 0 N–H and O–H groups in total. The van der Waals surface area contributed by atoms with Gasteiger partial charge in [0.2, 0.25) is 0 Å². The molecule has 0 aromatic rings. The van der Waals surface area contributed by atoms with Gasteiger partial charge in [-0.25, -0.2) is 0 Å². The van der Waals surface area contributed by atoms with Gasteiger partial charge in [0.1, 0.15) is 0 Å². The largest absolute Gasteiger partial charge is 0.262 e. The van der Waals surface area contributed by atoms with Crippen LogP contribution in [0.4, 0.5) is 0 Å². The molecule has 0 amide bonds. The maximum absolute atomic E-state index is 4.08. The van der Waals surface area contributed by atoms with Crippen LogP contribution in [0.2, 0.25) is 0 Å². The maximum atomic E-state index is 4.08. The molecule has 0 aromatic heterocycles. The van der Waals surface area contributed by atoms with Crippen LogP contribution in [0.1, 0.15) is 13.8 Å². The Balaban J connectivity index is 4.25. The average molecular weight is 135 g/mol. The minimum absolute atomic E-state index is 0.931. The number of hydrogen-bond acceptors (Lipinski definition) is 1. The van der Waals surface area contributed by atoms with Gasteiger partial charge in [-0.1, -0.05) is 18.7 Å². The molecule has 0 bridgehead atoms. The molecule has 0 atom stereocenters. The molecule has 0 rings (SSSR count). The Morgan fingerprint density at radius 2 is 2.10 bits per heavy atom. The zero-order valence-corrected chi connectivity index (χ0v) is 6.54. The van der Waals surface area contributed by atoms with Crippen molar-refractivity contribution < 1.29 is 0 Å². The SMILES string of the molecule is C=C/C=C(\C=C/C)N=CC. The van der Waals surface area contributed by atoms with Crippen molar-refractivity contribution in [3.63, 3.8) is 0 Å². The second kappa shape index (κ2) is 6.02. The second-order valence-corrected chi connectivity index (χ2v) is 1.71. The molecule has 0 heterocycles. The van der Waals surface area contributed by atoms with E-state index < -0.39 is 0 Å². The Morgan fingerprint density at radius 3 is 2.50 bits per heavy atom. The van der Waals surface area contributed by atoms with Crippen LogP contribution in [0.5, 0.6) is 0 Å². The molecule has 0 saturated carbocycles. The van der Waals surface area contributed by atoms with E-state index >= 15 is 0 Å². The van der Waals surface area contributed by atoms with Crippen LogP contribution in [0, 0.1) is 0 Å². The molecule has 0 aliphatic rings. The standard InChI is InChI=1S/C9H13N/c1-4-7-9(8-5-2)10-6-3/h4-8H,1H2,2-3H3/b8-5-,9-7+,10-6?. The first-order valence-corrected chi connectivity index (χ1v) is 3.29. The minimum Gasteiger partial charge on any atom is -0.262 e. The van der Waals surface area contributed by atoms with E-state index in [1.54, 1.807) is 12.3 Å². The molecule has 10 heavy (non-hydrogen) atoms. The maximum Gasteiger partial charge on any atom is 0.0622 e. The van der Waals surface area contributed by atoms with E-state index in [1.165, 1.54) is 0 Å². The molecule has 0 fully saturated rings. The van der Waals surface area contributed by atoms with E-state index in [2.05, 4.69) is 11.6 Å². The lowest BCUT2D eigenvalue weighted by molar-refractivity contribution is 1.41. The average Bonchev–Trinajstić information content (AvgIpc) is 1.90. The summed E-state index contributed by atoms with van der Waals surface area (Å²) in [5, 5.41) is 0. The monoisotopic (exact) mass is 135 g/mol.